The van der Waals surface area contributed by atoms with E-state index in [9.17, 15) is 0 Å². The number of pyridine rings is 4. The molecular weight excluding hydrogens is 1820 g/mol. The van der Waals surface area contributed by atoms with Crippen LogP contribution in [-0.4, -0.2) is 29.1 Å². The van der Waals surface area contributed by atoms with Crippen LogP contribution in [0.1, 0.15) is 33.4 Å². The van der Waals surface area contributed by atoms with Gasteiger partial charge in [0.15, 0.2) is 5.58 Å². The van der Waals surface area contributed by atoms with Crippen molar-refractivity contribution in [3.8, 4) is 78.7 Å². The minimum Gasteiger partial charge on any atom is -0.455 e. The maximum Gasteiger partial charge on any atom is 2.00 e. The van der Waals surface area contributed by atoms with Crippen molar-refractivity contribution in [1.29, 1.82) is 0 Å². The summed E-state index contributed by atoms with van der Waals surface area (Å²) in [7, 11) is 0. The Morgan fingerprint density at radius 3 is 1.00 bits per heavy atom. The molecule has 0 atom stereocenters. The van der Waals surface area contributed by atoms with Gasteiger partial charge in [0, 0.05) is 73.7 Å². The van der Waals surface area contributed by atoms with Crippen molar-refractivity contribution in [3.63, 3.8) is 0 Å². The van der Waals surface area contributed by atoms with Crippen LogP contribution in [0, 0.1) is 65.8 Å². The third-order valence-electron chi connectivity index (χ3n) is 22.5. The third-order valence-corrected chi connectivity index (χ3v) is 22.5. The van der Waals surface area contributed by atoms with Crippen molar-refractivity contribution in [2.75, 3.05) is 9.80 Å². The predicted octanol–water partition coefficient (Wildman–Crippen LogP) is 28.2. The Morgan fingerprint density at radius 1 is 0.261 bits per heavy atom. The van der Waals surface area contributed by atoms with Crippen LogP contribution < -0.4 is 9.80 Å². The fourth-order valence-electron chi connectivity index (χ4n) is 17.1. The van der Waals surface area contributed by atoms with Gasteiger partial charge in [0.1, 0.15) is 5.58 Å². The first-order chi connectivity index (χ1) is 57.5. The minimum absolute atomic E-state index is 0. The van der Waals surface area contributed by atoms with Gasteiger partial charge in [-0.05, 0) is 208 Å². The number of aromatic nitrogens is 6. The third kappa shape index (κ3) is 14.3. The minimum atomic E-state index is 0. The molecule has 7 heterocycles. The number of fused-ring (bicyclic) bond motifs is 10. The van der Waals surface area contributed by atoms with Gasteiger partial charge in [0.05, 0.1) is 28.3 Å². The van der Waals surface area contributed by atoms with E-state index in [4.69, 9.17) is 24.4 Å². The number of para-hydroxylation sites is 5. The molecule has 0 fully saturated rings. The zero-order chi connectivity index (χ0) is 78.8. The summed E-state index contributed by atoms with van der Waals surface area (Å²) in [6.07, 6.45) is 7.69. The Labute approximate surface area is 720 Å². The molecule has 14 aromatic carbocycles. The first-order valence-corrected chi connectivity index (χ1v) is 39.6. The topological polar surface area (TPSA) is 81.0 Å². The van der Waals surface area contributed by atoms with Gasteiger partial charge < -0.3 is 43.3 Å². The average Bonchev–Trinajstić information content (AvgIpc) is 1.67. The smallest absolute Gasteiger partial charge is 0.455 e. The van der Waals surface area contributed by atoms with Crippen molar-refractivity contribution in [1.82, 2.24) is 29.1 Å². The molecule has 9 nitrogen and oxygen atoms in total. The zero-order valence-corrected chi connectivity index (χ0v) is 70.6. The number of hydrogen-bond donors (Lipinski definition) is 0. The Bertz CT molecular complexity index is 7300. The quantitative estimate of drug-likeness (QED) is 0.100. The Kier molecular flexibility index (Phi) is 20.9. The van der Waals surface area contributed by atoms with E-state index in [2.05, 4.69) is 376 Å². The van der Waals surface area contributed by atoms with E-state index in [1.807, 2.05) is 61.2 Å². The molecular formula is C108H76N8OPt2. The van der Waals surface area contributed by atoms with E-state index >= 15 is 0 Å². The van der Waals surface area contributed by atoms with E-state index in [1.54, 1.807) is 0 Å². The van der Waals surface area contributed by atoms with E-state index in [-0.39, 0.29) is 42.1 Å². The van der Waals surface area contributed by atoms with Crippen molar-refractivity contribution < 1.29 is 46.5 Å². The number of furan rings is 1. The SMILES string of the molecule is Cc1cnc(-c2[c-]c(N(c3[c-]c(-c4cc5c(cn4)oc4ccccc45)ccc3)c3c(C)cc(-n4c5ccccc5c5ccccc54)cc3C)ccc2)cc1-c1ccccc1.Cc1cnc(-c2[c-]c(N(c3[c-]c(-c4cc5ccccc5cn4)ccc3)c3c(C)cc(-n4c5ccccc5c5ccccc54)cc3C)ccc2)cc1-c1ccccc1.[Pt+2].[Pt+2]. The molecule has 0 spiro atoms. The van der Waals surface area contributed by atoms with Crippen LogP contribution in [0.4, 0.5) is 34.1 Å². The molecule has 0 aliphatic carbocycles. The van der Waals surface area contributed by atoms with Gasteiger partial charge >= 0.3 is 42.1 Å². The number of anilines is 6. The maximum absolute atomic E-state index is 6.13. The molecule has 21 rings (SSSR count). The van der Waals surface area contributed by atoms with Gasteiger partial charge in [-0.25, -0.2) is 0 Å². The van der Waals surface area contributed by atoms with Crippen molar-refractivity contribution in [2.24, 2.45) is 0 Å². The molecule has 0 aliphatic rings. The van der Waals surface area contributed by atoms with Gasteiger partial charge in [-0.1, -0.05) is 200 Å². The second kappa shape index (κ2) is 32.4. The first kappa shape index (κ1) is 76.6. The molecule has 0 amide bonds. The fourth-order valence-corrected chi connectivity index (χ4v) is 17.1. The number of nitrogens with zero attached hydrogens (tertiary/aromatic N) is 8. The number of rotatable bonds is 14. The molecule has 0 unspecified atom stereocenters. The fraction of sp³-hybridized carbons (Fsp3) is 0.0556. The van der Waals surface area contributed by atoms with Gasteiger partial charge in [0.2, 0.25) is 0 Å². The number of benzene rings is 14. The zero-order valence-electron chi connectivity index (χ0n) is 66.1. The molecule has 0 saturated carbocycles. The van der Waals surface area contributed by atoms with E-state index in [1.165, 1.54) is 49.2 Å². The predicted molar refractivity (Wildman–Crippen MR) is 483 cm³/mol. The molecule has 0 radical (unpaired) electrons. The average molecular weight is 1890 g/mol. The maximum atomic E-state index is 6.13. The van der Waals surface area contributed by atoms with Crippen LogP contribution >= 0.6 is 0 Å². The second-order valence-corrected chi connectivity index (χ2v) is 30.1. The Balaban J connectivity index is 0.000000161. The summed E-state index contributed by atoms with van der Waals surface area (Å²) in [6.45, 7) is 13.0. The van der Waals surface area contributed by atoms with Gasteiger partial charge in [-0.15, -0.1) is 119 Å². The molecule has 0 bridgehead atoms. The van der Waals surface area contributed by atoms with E-state index < -0.39 is 0 Å². The molecule has 574 valence electrons. The van der Waals surface area contributed by atoms with Crippen molar-refractivity contribution in [3.05, 3.63) is 410 Å². The van der Waals surface area contributed by atoms with Crippen LogP contribution in [0.2, 0.25) is 0 Å². The summed E-state index contributed by atoms with van der Waals surface area (Å²) in [6, 6.07) is 130. The molecule has 119 heavy (non-hydrogen) atoms. The van der Waals surface area contributed by atoms with Gasteiger partial charge in [-0.2, -0.15) is 0 Å². The molecule has 0 N–H and O–H groups in total. The van der Waals surface area contributed by atoms with E-state index in [0.717, 1.165) is 173 Å². The normalized spacial score (nSPS) is 11.3. The van der Waals surface area contributed by atoms with Crippen LogP contribution in [0.15, 0.2) is 357 Å². The Morgan fingerprint density at radius 2 is 0.588 bits per heavy atom. The Hall–Kier alpha value is -13.7. The van der Waals surface area contributed by atoms with Crippen LogP contribution in [0.3, 0.4) is 0 Å². The molecule has 0 saturated heterocycles. The first-order valence-electron chi connectivity index (χ1n) is 39.6. The number of aryl methyl sites for hydroxylation is 6. The van der Waals surface area contributed by atoms with Gasteiger partial charge in [-0.3, -0.25) is 0 Å². The second-order valence-electron chi connectivity index (χ2n) is 30.1. The van der Waals surface area contributed by atoms with Crippen LogP contribution in [-0.2, 0) is 42.1 Å². The molecule has 11 heteroatoms. The summed E-state index contributed by atoms with van der Waals surface area (Å²) in [5, 5.41) is 9.32. The van der Waals surface area contributed by atoms with Crippen LogP contribution in [0.25, 0.3) is 155 Å². The molecule has 7 aromatic heterocycles. The summed E-state index contributed by atoms with van der Waals surface area (Å²) in [5.74, 6) is 0. The number of hydrogen-bond acceptors (Lipinski definition) is 7. The summed E-state index contributed by atoms with van der Waals surface area (Å²) in [4.78, 5) is 24.2. The molecule has 0 aliphatic heterocycles. The van der Waals surface area contributed by atoms with Crippen molar-refractivity contribution >= 4 is 110 Å². The van der Waals surface area contributed by atoms with Gasteiger partial charge in [0.25, 0.3) is 0 Å². The molecule has 21 aromatic rings. The largest absolute Gasteiger partial charge is 2.00 e. The summed E-state index contributed by atoms with van der Waals surface area (Å²) in [5.41, 5.74) is 32.7. The standard InChI is InChI=1S/C55H38N4O.C53H38N4.2Pt/c1-35-27-43(59-51-24-10-7-21-44(51)45-22-8-11-25-52(45)59)28-36(2)55(35)58(41-19-13-17-39(29-41)49-31-47(37(3)33-56-49)38-15-5-4-6-16-38)42-20-14-18-40(30-42)50-32-48-46-23-9-12-26-53(46)60-54(48)34-57-50;1-35-27-45(57-51-25-11-9-23-46(51)47-24-10-12-26-52(47)57)28-36(2)53(35)56(43-21-13-19-40(29-43)49-31-39-17-7-8-18-42(39)34-55-49)44-22-14-20-41(30-44)50-32-48(37(3)33-54-50)38-15-5-4-6-16-38;;/h4-28,31-34H,1-3H3;4-28,31-34H,1-3H3;;/q2*-2;2*+2. The monoisotopic (exact) mass is 1890 g/mol. The van der Waals surface area contributed by atoms with E-state index in [0.29, 0.717) is 0 Å². The summed E-state index contributed by atoms with van der Waals surface area (Å²) < 4.78 is 10.9. The summed E-state index contributed by atoms with van der Waals surface area (Å²) >= 11 is 0. The van der Waals surface area contributed by atoms with Crippen LogP contribution in [0.5, 0.6) is 0 Å². The van der Waals surface area contributed by atoms with Crippen molar-refractivity contribution in [2.45, 2.75) is 41.5 Å².